The fourth-order valence-corrected chi connectivity index (χ4v) is 2.78. The molecule has 1 heterocycles. The largest absolute Gasteiger partial charge is 0.416 e. The molecule has 0 radical (unpaired) electrons. The van der Waals surface area contributed by atoms with Crippen molar-refractivity contribution < 1.29 is 35.5 Å². The molecule has 0 saturated heterocycles. The van der Waals surface area contributed by atoms with Gasteiger partial charge in [0.05, 0.1) is 18.0 Å². The summed E-state index contributed by atoms with van der Waals surface area (Å²) in [6, 6.07) is 4.87. The molecule has 1 amide bonds. The zero-order valence-corrected chi connectivity index (χ0v) is 14.8. The zero-order chi connectivity index (χ0) is 22.1. The van der Waals surface area contributed by atoms with Crippen molar-refractivity contribution in [3.8, 4) is 0 Å². The number of nitrogens with zero attached hydrogens (tertiary/aromatic N) is 1. The van der Waals surface area contributed by atoms with E-state index in [-0.39, 0.29) is 11.3 Å². The van der Waals surface area contributed by atoms with Crippen LogP contribution < -0.4 is 5.32 Å². The highest BCUT2D eigenvalue weighted by Crippen LogP contribution is 2.34. The van der Waals surface area contributed by atoms with E-state index in [1.165, 1.54) is 0 Å². The average Bonchev–Trinajstić information content (AvgIpc) is 2.63. The minimum atomic E-state index is -4.76. The number of pyridine rings is 1. The van der Waals surface area contributed by atoms with Crippen LogP contribution in [0, 0.1) is 23.3 Å². The maximum atomic E-state index is 14.4. The van der Waals surface area contributed by atoms with Gasteiger partial charge in [-0.2, -0.15) is 13.2 Å². The van der Waals surface area contributed by atoms with Crippen molar-refractivity contribution in [1.82, 2.24) is 4.98 Å². The monoisotopic (exact) mass is 428 g/mol. The number of rotatable bonds is 4. The van der Waals surface area contributed by atoms with Crippen molar-refractivity contribution >= 4 is 11.6 Å². The first kappa shape index (κ1) is 21.3. The molecular weight excluding hydrogens is 417 g/mol. The number of nitrogens with one attached hydrogen (secondary N) is 1. The SMILES string of the molecule is O=C(Nc1ccc(Cc2cc(F)ccc2C(F)(F)F)c(F)c1)c1c(F)cncc1F. The van der Waals surface area contributed by atoms with Gasteiger partial charge in [-0.05, 0) is 41.5 Å². The Balaban J connectivity index is 1.85. The third-order valence-corrected chi connectivity index (χ3v) is 4.15. The number of halogens is 7. The minimum Gasteiger partial charge on any atom is -0.322 e. The van der Waals surface area contributed by atoms with Gasteiger partial charge < -0.3 is 5.32 Å². The van der Waals surface area contributed by atoms with Crippen LogP contribution in [0.5, 0.6) is 0 Å². The Kier molecular flexibility index (Phi) is 5.77. The molecule has 156 valence electrons. The molecule has 1 N–H and O–H groups in total. The zero-order valence-electron chi connectivity index (χ0n) is 14.8. The minimum absolute atomic E-state index is 0.188. The molecule has 3 nitrogen and oxygen atoms in total. The molecule has 0 aliphatic rings. The van der Waals surface area contributed by atoms with Gasteiger partial charge in [-0.15, -0.1) is 0 Å². The van der Waals surface area contributed by atoms with E-state index in [0.29, 0.717) is 30.6 Å². The maximum absolute atomic E-state index is 14.4. The van der Waals surface area contributed by atoms with Gasteiger partial charge in [0.15, 0.2) is 11.6 Å². The lowest BCUT2D eigenvalue weighted by Crippen LogP contribution is -2.16. The molecule has 0 saturated carbocycles. The summed E-state index contributed by atoms with van der Waals surface area (Å²) in [6.07, 6.45) is -4.08. The van der Waals surface area contributed by atoms with Crippen LogP contribution in [0.2, 0.25) is 0 Å². The second-order valence-corrected chi connectivity index (χ2v) is 6.21. The molecule has 0 spiro atoms. The quantitative estimate of drug-likeness (QED) is 0.558. The highest BCUT2D eigenvalue weighted by atomic mass is 19.4. The van der Waals surface area contributed by atoms with Gasteiger partial charge in [0.25, 0.3) is 5.91 Å². The Morgan fingerprint density at radius 2 is 1.53 bits per heavy atom. The van der Waals surface area contributed by atoms with Crippen molar-refractivity contribution in [3.05, 3.63) is 94.3 Å². The summed E-state index contributed by atoms with van der Waals surface area (Å²) in [5, 5.41) is 2.09. The second kappa shape index (κ2) is 8.13. The molecule has 0 aliphatic carbocycles. The lowest BCUT2D eigenvalue weighted by Gasteiger charge is -2.14. The molecule has 2 aromatic carbocycles. The van der Waals surface area contributed by atoms with E-state index in [4.69, 9.17) is 0 Å². The van der Waals surface area contributed by atoms with Gasteiger partial charge in [0.1, 0.15) is 17.2 Å². The van der Waals surface area contributed by atoms with Crippen LogP contribution in [0.15, 0.2) is 48.8 Å². The topological polar surface area (TPSA) is 42.0 Å². The summed E-state index contributed by atoms with van der Waals surface area (Å²) in [5.41, 5.74) is -2.90. The van der Waals surface area contributed by atoms with Gasteiger partial charge >= 0.3 is 6.18 Å². The van der Waals surface area contributed by atoms with E-state index >= 15 is 0 Å². The van der Waals surface area contributed by atoms with Crippen molar-refractivity contribution in [1.29, 1.82) is 0 Å². The predicted octanol–water partition coefficient (Wildman–Crippen LogP) is 5.50. The number of hydrogen-bond donors (Lipinski definition) is 1. The van der Waals surface area contributed by atoms with Crippen LogP contribution in [-0.2, 0) is 12.6 Å². The second-order valence-electron chi connectivity index (χ2n) is 6.21. The normalized spacial score (nSPS) is 11.4. The number of alkyl halides is 3. The van der Waals surface area contributed by atoms with Crippen molar-refractivity contribution in [3.63, 3.8) is 0 Å². The van der Waals surface area contributed by atoms with E-state index in [2.05, 4.69) is 10.3 Å². The van der Waals surface area contributed by atoms with E-state index in [9.17, 15) is 35.5 Å². The molecule has 0 aliphatic heterocycles. The van der Waals surface area contributed by atoms with Crippen LogP contribution in [0.25, 0.3) is 0 Å². The van der Waals surface area contributed by atoms with E-state index in [1.807, 2.05) is 0 Å². The Hall–Kier alpha value is -3.43. The molecule has 10 heteroatoms. The van der Waals surface area contributed by atoms with Crippen LogP contribution in [0.1, 0.15) is 27.0 Å². The number of anilines is 1. The van der Waals surface area contributed by atoms with Crippen LogP contribution in [0.3, 0.4) is 0 Å². The van der Waals surface area contributed by atoms with Crippen LogP contribution in [0.4, 0.5) is 36.4 Å². The predicted molar refractivity (Wildman–Crippen MR) is 92.7 cm³/mol. The first-order valence-electron chi connectivity index (χ1n) is 8.30. The van der Waals surface area contributed by atoms with Gasteiger partial charge in [0.2, 0.25) is 0 Å². The molecule has 3 aromatic rings. The summed E-state index contributed by atoms with van der Waals surface area (Å²) in [6.45, 7) is 0. The lowest BCUT2D eigenvalue weighted by atomic mass is 9.98. The Bertz CT molecular complexity index is 1090. The van der Waals surface area contributed by atoms with Gasteiger partial charge in [-0.3, -0.25) is 9.78 Å². The van der Waals surface area contributed by atoms with Gasteiger partial charge in [0, 0.05) is 12.1 Å². The van der Waals surface area contributed by atoms with E-state index in [0.717, 1.165) is 18.2 Å². The Labute approximate surface area is 165 Å². The fraction of sp³-hybridized carbons (Fsp3) is 0.100. The number of carbonyl (C=O) groups is 1. The number of hydrogen-bond acceptors (Lipinski definition) is 2. The molecule has 0 unspecified atom stereocenters. The highest BCUT2D eigenvalue weighted by molar-refractivity contribution is 6.04. The fourth-order valence-electron chi connectivity index (χ4n) is 2.78. The Morgan fingerprint density at radius 1 is 0.867 bits per heavy atom. The first-order valence-corrected chi connectivity index (χ1v) is 8.30. The van der Waals surface area contributed by atoms with Crippen LogP contribution >= 0.6 is 0 Å². The Morgan fingerprint density at radius 3 is 2.13 bits per heavy atom. The number of benzene rings is 2. The molecule has 1 aromatic heterocycles. The smallest absolute Gasteiger partial charge is 0.322 e. The van der Waals surface area contributed by atoms with Crippen molar-refractivity contribution in [2.75, 3.05) is 5.32 Å². The molecule has 0 atom stereocenters. The first-order chi connectivity index (χ1) is 14.1. The molecule has 30 heavy (non-hydrogen) atoms. The van der Waals surface area contributed by atoms with E-state index in [1.54, 1.807) is 0 Å². The number of aromatic nitrogens is 1. The number of carbonyl (C=O) groups excluding carboxylic acids is 1. The standard InChI is InChI=1S/C20H11F7N2O/c21-12-2-4-14(20(25,26)27)11(6-12)5-10-1-3-13(7-15(10)22)29-19(30)18-16(23)8-28-9-17(18)24/h1-4,6-9H,5H2,(H,29,30). The number of amides is 1. The van der Waals surface area contributed by atoms with Crippen LogP contribution in [-0.4, -0.2) is 10.9 Å². The molecule has 0 fully saturated rings. The average molecular weight is 428 g/mol. The summed E-state index contributed by atoms with van der Waals surface area (Å²) in [4.78, 5) is 15.3. The van der Waals surface area contributed by atoms with Crippen molar-refractivity contribution in [2.45, 2.75) is 12.6 Å². The van der Waals surface area contributed by atoms with E-state index < -0.39 is 58.5 Å². The van der Waals surface area contributed by atoms with Gasteiger partial charge in [-0.1, -0.05) is 6.07 Å². The summed E-state index contributed by atoms with van der Waals surface area (Å²) in [7, 11) is 0. The summed E-state index contributed by atoms with van der Waals surface area (Å²) < 4.78 is 94.2. The maximum Gasteiger partial charge on any atom is 0.416 e. The lowest BCUT2D eigenvalue weighted by molar-refractivity contribution is -0.138. The summed E-state index contributed by atoms with van der Waals surface area (Å²) in [5.74, 6) is -5.57. The molecule has 0 bridgehead atoms. The third-order valence-electron chi connectivity index (χ3n) is 4.15. The highest BCUT2D eigenvalue weighted by Gasteiger charge is 2.33. The molecular formula is C20H11F7N2O. The molecule has 3 rings (SSSR count). The third kappa shape index (κ3) is 4.58. The van der Waals surface area contributed by atoms with Crippen molar-refractivity contribution in [2.24, 2.45) is 0 Å². The van der Waals surface area contributed by atoms with Gasteiger partial charge in [-0.25, -0.2) is 17.6 Å². The summed E-state index contributed by atoms with van der Waals surface area (Å²) >= 11 is 0.